The van der Waals surface area contributed by atoms with E-state index in [1.54, 1.807) is 50.8 Å². The standard InChI is InChI=1S/C30H33ClFN5O4/c1-19-18-36(8-7-33-19)27-14-21(15-28(34-27)41-12-4-11-40-3)24-17-22(32)16-23(29(24)38)20-5-6-26(25(31)13-20)37-10-9-35(2)30(37)39/h5-6,9-10,13-17,19,33,38H,4,7-8,11-12,18H2,1-3H3/t19-/m1/s1. The molecule has 1 atom stereocenters. The monoisotopic (exact) mass is 581 g/mol. The Morgan fingerprint density at radius 2 is 1.90 bits per heavy atom. The maximum atomic E-state index is 15.1. The van der Waals surface area contributed by atoms with Crippen molar-refractivity contribution in [2.45, 2.75) is 19.4 Å². The minimum atomic E-state index is -0.524. The molecule has 3 heterocycles. The molecule has 0 unspecified atom stereocenters. The molecule has 41 heavy (non-hydrogen) atoms. The SMILES string of the molecule is COCCCOc1cc(-c2cc(F)cc(-c3ccc(-n4ccn(C)c4=O)c(Cl)c3)c2O)cc(N2CCN[C@H](C)C2)n1. The van der Waals surface area contributed by atoms with Crippen LogP contribution in [0.25, 0.3) is 27.9 Å². The number of aromatic nitrogens is 3. The highest BCUT2D eigenvalue weighted by atomic mass is 35.5. The third-order valence-electron chi connectivity index (χ3n) is 7.07. The van der Waals surface area contributed by atoms with Crippen molar-refractivity contribution in [2.75, 3.05) is 44.9 Å². The Balaban J connectivity index is 1.55. The molecule has 0 saturated carbocycles. The molecule has 0 radical (unpaired) electrons. The normalized spacial score (nSPS) is 15.3. The van der Waals surface area contributed by atoms with Gasteiger partial charge in [0.25, 0.3) is 0 Å². The van der Waals surface area contributed by atoms with Crippen molar-refractivity contribution in [3.8, 4) is 39.6 Å². The molecular weight excluding hydrogens is 549 g/mol. The molecule has 0 bridgehead atoms. The van der Waals surface area contributed by atoms with E-state index in [0.29, 0.717) is 53.7 Å². The van der Waals surface area contributed by atoms with Crippen molar-refractivity contribution in [1.29, 1.82) is 0 Å². The Morgan fingerprint density at radius 3 is 2.59 bits per heavy atom. The van der Waals surface area contributed by atoms with Crippen LogP contribution in [0, 0.1) is 5.82 Å². The van der Waals surface area contributed by atoms with Crippen molar-refractivity contribution in [3.05, 3.63) is 76.2 Å². The Hall–Kier alpha value is -3.86. The van der Waals surface area contributed by atoms with Crippen LogP contribution in [0.15, 0.2) is 59.7 Å². The fourth-order valence-corrected chi connectivity index (χ4v) is 5.23. The number of piperazine rings is 1. The minimum absolute atomic E-state index is 0.108. The van der Waals surface area contributed by atoms with Gasteiger partial charge in [-0.15, -0.1) is 0 Å². The molecule has 4 aromatic rings. The molecule has 1 aliphatic rings. The summed E-state index contributed by atoms with van der Waals surface area (Å²) in [5.41, 5.74) is 1.88. The van der Waals surface area contributed by atoms with E-state index < -0.39 is 5.82 Å². The lowest BCUT2D eigenvalue weighted by atomic mass is 9.97. The number of rotatable bonds is 9. The van der Waals surface area contributed by atoms with E-state index in [2.05, 4.69) is 17.1 Å². The molecule has 1 saturated heterocycles. The first-order valence-electron chi connectivity index (χ1n) is 13.4. The number of phenols is 1. The second kappa shape index (κ2) is 12.3. The molecule has 5 rings (SSSR count). The highest BCUT2D eigenvalue weighted by Crippen LogP contribution is 2.41. The lowest BCUT2D eigenvalue weighted by Crippen LogP contribution is -2.49. The number of hydrogen-bond donors (Lipinski definition) is 2. The molecule has 0 aliphatic carbocycles. The molecular formula is C30H33ClFN5O4. The van der Waals surface area contributed by atoms with Gasteiger partial charge in [-0.3, -0.25) is 4.57 Å². The van der Waals surface area contributed by atoms with E-state index in [9.17, 15) is 9.90 Å². The van der Waals surface area contributed by atoms with E-state index >= 15 is 4.39 Å². The Kier molecular flexibility index (Phi) is 8.63. The molecule has 2 N–H and O–H groups in total. The third kappa shape index (κ3) is 6.24. The second-order valence-corrected chi connectivity index (χ2v) is 10.5. The van der Waals surface area contributed by atoms with Crippen LogP contribution >= 0.6 is 11.6 Å². The zero-order valence-electron chi connectivity index (χ0n) is 23.2. The zero-order chi connectivity index (χ0) is 29.1. The number of aryl methyl sites for hydroxylation is 1. The number of aromatic hydroxyl groups is 1. The molecule has 216 valence electrons. The molecule has 0 spiro atoms. The maximum Gasteiger partial charge on any atom is 0.332 e. The van der Waals surface area contributed by atoms with Gasteiger partial charge in [0.15, 0.2) is 0 Å². The van der Waals surface area contributed by atoms with Crippen LogP contribution in [0.5, 0.6) is 11.6 Å². The number of ether oxygens (including phenoxy) is 2. The van der Waals surface area contributed by atoms with Crippen LogP contribution in [0.1, 0.15) is 13.3 Å². The highest BCUT2D eigenvalue weighted by molar-refractivity contribution is 6.32. The van der Waals surface area contributed by atoms with E-state index in [1.807, 2.05) is 6.07 Å². The first kappa shape index (κ1) is 28.7. The smallest absolute Gasteiger partial charge is 0.332 e. The molecule has 2 aromatic carbocycles. The molecule has 11 heteroatoms. The Bertz CT molecular complexity index is 1600. The minimum Gasteiger partial charge on any atom is -0.507 e. The van der Waals surface area contributed by atoms with E-state index in [-0.39, 0.29) is 28.1 Å². The number of benzene rings is 2. The Morgan fingerprint density at radius 1 is 1.12 bits per heavy atom. The van der Waals surface area contributed by atoms with Gasteiger partial charge in [-0.2, -0.15) is 4.98 Å². The van der Waals surface area contributed by atoms with Crippen LogP contribution in [0.4, 0.5) is 10.2 Å². The number of imidazole rings is 1. The summed E-state index contributed by atoms with van der Waals surface area (Å²) in [6.07, 6.45) is 3.94. The summed E-state index contributed by atoms with van der Waals surface area (Å²) in [7, 11) is 3.28. The van der Waals surface area contributed by atoms with Gasteiger partial charge in [0, 0.05) is 82.4 Å². The number of hydrogen-bond acceptors (Lipinski definition) is 7. The van der Waals surface area contributed by atoms with Crippen molar-refractivity contribution in [2.24, 2.45) is 7.05 Å². The van der Waals surface area contributed by atoms with E-state index in [1.165, 1.54) is 21.3 Å². The summed E-state index contributed by atoms with van der Waals surface area (Å²) in [6.45, 7) is 5.36. The average Bonchev–Trinajstić information content (AvgIpc) is 3.29. The maximum absolute atomic E-state index is 15.1. The number of phenolic OH excluding ortho intramolecular Hbond substituents is 1. The van der Waals surface area contributed by atoms with Gasteiger partial charge in [-0.1, -0.05) is 17.7 Å². The van der Waals surface area contributed by atoms with Crippen molar-refractivity contribution >= 4 is 17.4 Å². The number of anilines is 1. The summed E-state index contributed by atoms with van der Waals surface area (Å²) in [5.74, 6) is 0.432. The predicted octanol–water partition coefficient (Wildman–Crippen LogP) is 4.62. The summed E-state index contributed by atoms with van der Waals surface area (Å²) in [6, 6.07) is 11.4. The summed E-state index contributed by atoms with van der Waals surface area (Å²) in [5, 5.41) is 15.2. The lowest BCUT2D eigenvalue weighted by Gasteiger charge is -2.33. The van der Waals surface area contributed by atoms with Crippen molar-refractivity contribution in [3.63, 3.8) is 0 Å². The topological polar surface area (TPSA) is 93.8 Å². The van der Waals surface area contributed by atoms with Crippen LogP contribution in [-0.2, 0) is 11.8 Å². The third-order valence-corrected chi connectivity index (χ3v) is 7.38. The lowest BCUT2D eigenvalue weighted by molar-refractivity contribution is 0.170. The van der Waals surface area contributed by atoms with Gasteiger partial charge in [-0.05, 0) is 48.4 Å². The Labute approximate surface area is 242 Å². The number of pyridine rings is 1. The van der Waals surface area contributed by atoms with Gasteiger partial charge in [0.2, 0.25) is 5.88 Å². The molecule has 1 aliphatic heterocycles. The summed E-state index contributed by atoms with van der Waals surface area (Å²) >= 11 is 6.57. The first-order chi connectivity index (χ1) is 19.7. The van der Waals surface area contributed by atoms with Gasteiger partial charge < -0.3 is 29.4 Å². The van der Waals surface area contributed by atoms with Gasteiger partial charge in [-0.25, -0.2) is 9.18 Å². The van der Waals surface area contributed by atoms with E-state index in [0.717, 1.165) is 19.6 Å². The molecule has 9 nitrogen and oxygen atoms in total. The summed E-state index contributed by atoms with van der Waals surface area (Å²) < 4.78 is 29.0. The van der Waals surface area contributed by atoms with Crippen LogP contribution in [-0.4, -0.2) is 65.2 Å². The predicted molar refractivity (Wildman–Crippen MR) is 158 cm³/mol. The van der Waals surface area contributed by atoms with Crippen LogP contribution in [0.3, 0.4) is 0 Å². The zero-order valence-corrected chi connectivity index (χ0v) is 24.0. The average molecular weight is 582 g/mol. The summed E-state index contributed by atoms with van der Waals surface area (Å²) in [4.78, 5) is 19.3. The number of halogens is 2. The molecule has 2 aromatic heterocycles. The fraction of sp³-hybridized carbons (Fsp3) is 0.333. The quantitative estimate of drug-likeness (QED) is 0.279. The van der Waals surface area contributed by atoms with Gasteiger partial charge in [0.05, 0.1) is 17.3 Å². The van der Waals surface area contributed by atoms with Crippen molar-refractivity contribution in [1.82, 2.24) is 19.4 Å². The number of nitrogens with zero attached hydrogens (tertiary/aromatic N) is 4. The van der Waals surface area contributed by atoms with Crippen LogP contribution in [0.2, 0.25) is 5.02 Å². The largest absolute Gasteiger partial charge is 0.507 e. The van der Waals surface area contributed by atoms with Crippen molar-refractivity contribution < 1.29 is 19.0 Å². The fourth-order valence-electron chi connectivity index (χ4n) is 4.96. The molecule has 1 fully saturated rings. The highest BCUT2D eigenvalue weighted by Gasteiger charge is 2.21. The number of methoxy groups -OCH3 is 1. The van der Waals surface area contributed by atoms with Gasteiger partial charge >= 0.3 is 5.69 Å². The van der Waals surface area contributed by atoms with Gasteiger partial charge in [0.1, 0.15) is 17.4 Å². The number of nitrogens with one attached hydrogen (secondary N) is 1. The second-order valence-electron chi connectivity index (χ2n) is 10.1. The van der Waals surface area contributed by atoms with E-state index in [4.69, 9.17) is 26.1 Å². The van der Waals surface area contributed by atoms with Crippen LogP contribution < -0.4 is 20.6 Å². The molecule has 0 amide bonds. The first-order valence-corrected chi connectivity index (χ1v) is 13.8.